The molecule has 0 saturated carbocycles. The van der Waals surface area contributed by atoms with Crippen molar-refractivity contribution >= 4 is 0 Å². The van der Waals surface area contributed by atoms with Gasteiger partial charge in [0.1, 0.15) is 0 Å². The summed E-state index contributed by atoms with van der Waals surface area (Å²) in [7, 11) is 0. The molecule has 4 heteroatoms. The first-order chi connectivity index (χ1) is 10.7. The number of hydrogen-bond donors (Lipinski definition) is 0. The Hall–Kier alpha value is -1.20. The predicted molar refractivity (Wildman–Crippen MR) is 90.6 cm³/mol. The first kappa shape index (κ1) is 20.8. The van der Waals surface area contributed by atoms with E-state index >= 15 is 0 Å². The molecule has 0 aliphatic heterocycles. The molecular weight excluding hydrogens is 280 g/mol. The fourth-order valence-corrected chi connectivity index (χ4v) is 1.91. The van der Waals surface area contributed by atoms with Gasteiger partial charge in [-0.3, -0.25) is 0 Å². The summed E-state index contributed by atoms with van der Waals surface area (Å²) in [5.74, 6) is -1.20. The van der Waals surface area contributed by atoms with E-state index < -0.39 is 5.97 Å². The van der Waals surface area contributed by atoms with E-state index in [-0.39, 0.29) is 6.10 Å². The van der Waals surface area contributed by atoms with Gasteiger partial charge < -0.3 is 18.9 Å². The maximum atomic E-state index is 5.79. The first-order valence-corrected chi connectivity index (χ1v) is 7.65. The lowest BCUT2D eigenvalue weighted by molar-refractivity contribution is -0.380. The van der Waals surface area contributed by atoms with Crippen molar-refractivity contribution in [2.75, 3.05) is 26.4 Å². The summed E-state index contributed by atoms with van der Waals surface area (Å²) in [5, 5.41) is 0. The lowest BCUT2D eigenvalue weighted by Crippen LogP contribution is -2.43. The lowest BCUT2D eigenvalue weighted by atomic mass is 10.1. The van der Waals surface area contributed by atoms with Gasteiger partial charge in [-0.15, -0.1) is 26.3 Å². The van der Waals surface area contributed by atoms with E-state index in [0.29, 0.717) is 32.8 Å². The number of ether oxygens (including phenoxy) is 4. The van der Waals surface area contributed by atoms with Crippen molar-refractivity contribution in [2.24, 2.45) is 0 Å². The van der Waals surface area contributed by atoms with E-state index in [2.05, 4.69) is 33.2 Å². The van der Waals surface area contributed by atoms with Crippen molar-refractivity contribution in [2.45, 2.75) is 38.3 Å². The molecule has 4 nitrogen and oxygen atoms in total. The van der Waals surface area contributed by atoms with Crippen LogP contribution in [0.1, 0.15) is 26.2 Å². The summed E-state index contributed by atoms with van der Waals surface area (Å²) < 4.78 is 23.1. The van der Waals surface area contributed by atoms with Crippen molar-refractivity contribution in [1.82, 2.24) is 0 Å². The molecule has 1 atom stereocenters. The average molecular weight is 310 g/mol. The molecule has 0 heterocycles. The zero-order valence-electron chi connectivity index (χ0n) is 13.8. The molecule has 0 spiro atoms. The Morgan fingerprint density at radius 2 is 1.27 bits per heavy atom. The van der Waals surface area contributed by atoms with Gasteiger partial charge in [0, 0.05) is 0 Å². The van der Waals surface area contributed by atoms with Gasteiger partial charge in [0.25, 0.3) is 5.97 Å². The van der Waals surface area contributed by atoms with Crippen LogP contribution in [0.5, 0.6) is 0 Å². The van der Waals surface area contributed by atoms with Crippen LogP contribution in [-0.4, -0.2) is 38.5 Å². The van der Waals surface area contributed by atoms with Crippen LogP contribution in [0.3, 0.4) is 0 Å². The molecule has 126 valence electrons. The van der Waals surface area contributed by atoms with Crippen LogP contribution in [0.25, 0.3) is 0 Å². The van der Waals surface area contributed by atoms with Crippen LogP contribution >= 0.6 is 0 Å². The quantitative estimate of drug-likeness (QED) is 0.319. The van der Waals surface area contributed by atoms with E-state index in [0.717, 1.165) is 12.8 Å². The maximum absolute atomic E-state index is 5.79. The molecule has 0 aromatic rings. The highest BCUT2D eigenvalue weighted by molar-refractivity contribution is 4.77. The van der Waals surface area contributed by atoms with Gasteiger partial charge >= 0.3 is 0 Å². The zero-order valence-corrected chi connectivity index (χ0v) is 13.8. The van der Waals surface area contributed by atoms with Crippen LogP contribution in [0.2, 0.25) is 0 Å². The van der Waals surface area contributed by atoms with Crippen molar-refractivity contribution in [3.8, 4) is 0 Å². The summed E-state index contributed by atoms with van der Waals surface area (Å²) in [6.45, 7) is 18.2. The topological polar surface area (TPSA) is 36.9 Å². The minimum absolute atomic E-state index is 0.0533. The molecule has 0 amide bonds. The summed E-state index contributed by atoms with van der Waals surface area (Å²) in [5.41, 5.74) is 0. The molecule has 22 heavy (non-hydrogen) atoms. The second-order valence-corrected chi connectivity index (χ2v) is 4.72. The standard InChI is InChI=1S/C18H30O4/c1-6-11-17(19-12-7-2)16-18(20-13-8-3,21-14-9-4)22-15-10-5/h7-10,17H,2-6,11-16H2,1H3. The summed E-state index contributed by atoms with van der Waals surface area (Å²) in [6, 6.07) is 0. The normalized spacial score (nSPS) is 12.6. The van der Waals surface area contributed by atoms with Gasteiger partial charge in [-0.2, -0.15) is 0 Å². The zero-order chi connectivity index (χ0) is 16.7. The van der Waals surface area contributed by atoms with E-state index in [1.165, 1.54) is 0 Å². The molecular formula is C18H30O4. The fourth-order valence-electron chi connectivity index (χ4n) is 1.91. The molecule has 0 rings (SSSR count). The Morgan fingerprint density at radius 3 is 1.64 bits per heavy atom. The molecule has 0 fully saturated rings. The van der Waals surface area contributed by atoms with E-state index in [9.17, 15) is 0 Å². The molecule has 0 radical (unpaired) electrons. The minimum Gasteiger partial charge on any atom is -0.374 e. The molecule has 0 aromatic heterocycles. The lowest BCUT2D eigenvalue weighted by Gasteiger charge is -2.35. The fraction of sp³-hybridized carbons (Fsp3) is 0.556. The summed E-state index contributed by atoms with van der Waals surface area (Å²) in [6.07, 6.45) is 8.95. The Kier molecular flexibility index (Phi) is 12.7. The third kappa shape index (κ3) is 8.95. The van der Waals surface area contributed by atoms with Crippen molar-refractivity contribution in [1.29, 1.82) is 0 Å². The van der Waals surface area contributed by atoms with Gasteiger partial charge in [0.15, 0.2) is 0 Å². The van der Waals surface area contributed by atoms with Crippen molar-refractivity contribution < 1.29 is 18.9 Å². The van der Waals surface area contributed by atoms with E-state index in [1.807, 2.05) is 0 Å². The molecule has 1 unspecified atom stereocenters. The second kappa shape index (κ2) is 13.5. The Balaban J connectivity index is 5.05. The van der Waals surface area contributed by atoms with Gasteiger partial charge in [-0.25, -0.2) is 0 Å². The highest BCUT2D eigenvalue weighted by Crippen LogP contribution is 2.26. The summed E-state index contributed by atoms with van der Waals surface area (Å²) in [4.78, 5) is 0. The van der Waals surface area contributed by atoms with Crippen molar-refractivity contribution in [3.05, 3.63) is 50.6 Å². The second-order valence-electron chi connectivity index (χ2n) is 4.72. The SMILES string of the molecule is C=CCOC(CCC)CC(OCC=C)(OCC=C)OCC=C. The Labute approximate surface area is 135 Å². The Morgan fingerprint density at radius 1 is 0.818 bits per heavy atom. The Bertz CT molecular complexity index is 294. The monoisotopic (exact) mass is 310 g/mol. The molecule has 0 aliphatic rings. The highest BCUT2D eigenvalue weighted by Gasteiger charge is 2.36. The van der Waals surface area contributed by atoms with Gasteiger partial charge in [0.05, 0.1) is 39.0 Å². The predicted octanol–water partition coefficient (Wildman–Crippen LogP) is 4.01. The largest absolute Gasteiger partial charge is 0.374 e. The number of rotatable bonds is 16. The highest BCUT2D eigenvalue weighted by atomic mass is 16.9. The van der Waals surface area contributed by atoms with Crippen LogP contribution in [0.15, 0.2) is 50.6 Å². The molecule has 0 aliphatic carbocycles. The first-order valence-electron chi connectivity index (χ1n) is 7.65. The third-order valence-corrected chi connectivity index (χ3v) is 2.80. The van der Waals surface area contributed by atoms with Gasteiger partial charge in [-0.1, -0.05) is 37.6 Å². The minimum atomic E-state index is -1.20. The average Bonchev–Trinajstić information content (AvgIpc) is 2.54. The smallest absolute Gasteiger partial charge is 0.286 e. The van der Waals surface area contributed by atoms with Crippen LogP contribution in [0, 0.1) is 0 Å². The van der Waals surface area contributed by atoms with Gasteiger partial charge in [-0.05, 0) is 6.42 Å². The molecule has 0 N–H and O–H groups in total. The van der Waals surface area contributed by atoms with Crippen LogP contribution < -0.4 is 0 Å². The third-order valence-electron chi connectivity index (χ3n) is 2.80. The van der Waals surface area contributed by atoms with Crippen LogP contribution in [-0.2, 0) is 18.9 Å². The summed E-state index contributed by atoms with van der Waals surface area (Å²) >= 11 is 0. The molecule has 0 saturated heterocycles. The van der Waals surface area contributed by atoms with Crippen LogP contribution in [0.4, 0.5) is 0 Å². The van der Waals surface area contributed by atoms with E-state index in [4.69, 9.17) is 18.9 Å². The maximum Gasteiger partial charge on any atom is 0.286 e. The molecule has 0 bridgehead atoms. The van der Waals surface area contributed by atoms with E-state index in [1.54, 1.807) is 24.3 Å². The number of hydrogen-bond acceptors (Lipinski definition) is 4. The van der Waals surface area contributed by atoms with Crippen molar-refractivity contribution in [3.63, 3.8) is 0 Å². The van der Waals surface area contributed by atoms with Gasteiger partial charge in [0.2, 0.25) is 0 Å². The molecule has 0 aromatic carbocycles.